The van der Waals surface area contributed by atoms with Gasteiger partial charge in [-0.1, -0.05) is 6.92 Å². The Morgan fingerprint density at radius 1 is 1.39 bits per heavy atom. The van der Waals surface area contributed by atoms with Crippen LogP contribution in [0.15, 0.2) is 24.7 Å². The third-order valence-electron chi connectivity index (χ3n) is 2.29. The van der Waals surface area contributed by atoms with Gasteiger partial charge in [0.2, 0.25) is 0 Å². The maximum Gasteiger partial charge on any atom is 0.169 e. The first kappa shape index (κ1) is 12.3. The summed E-state index contributed by atoms with van der Waals surface area (Å²) >= 11 is 0. The van der Waals surface area contributed by atoms with Crippen LogP contribution in [0.2, 0.25) is 0 Å². The van der Waals surface area contributed by atoms with Crippen LogP contribution < -0.4 is 10.1 Å². The van der Waals surface area contributed by atoms with Crippen molar-refractivity contribution in [3.63, 3.8) is 0 Å². The molecule has 0 aliphatic carbocycles. The Morgan fingerprint density at radius 2 is 2.28 bits per heavy atom. The smallest absolute Gasteiger partial charge is 0.169 e. The lowest BCUT2D eigenvalue weighted by Crippen LogP contribution is -2.06. The largest absolute Gasteiger partial charge is 0.490 e. The maximum absolute atomic E-state index is 5.61. The summed E-state index contributed by atoms with van der Waals surface area (Å²) in [6.45, 7) is 3.28. The van der Waals surface area contributed by atoms with E-state index in [0.29, 0.717) is 13.2 Å². The zero-order valence-corrected chi connectivity index (χ0v) is 10.6. The number of anilines is 1. The van der Waals surface area contributed by atoms with Crippen molar-refractivity contribution in [2.75, 3.05) is 11.9 Å². The number of aryl methyl sites for hydroxylation is 1. The summed E-state index contributed by atoms with van der Waals surface area (Å²) < 4.78 is 7.28. The topological polar surface area (TPSA) is 64.9 Å². The Hall–Kier alpha value is -2.11. The molecule has 2 rings (SSSR count). The van der Waals surface area contributed by atoms with Gasteiger partial charge < -0.3 is 10.1 Å². The van der Waals surface area contributed by atoms with Gasteiger partial charge in [-0.3, -0.25) is 4.68 Å². The Labute approximate surface area is 106 Å². The van der Waals surface area contributed by atoms with Gasteiger partial charge in [0.25, 0.3) is 0 Å². The van der Waals surface area contributed by atoms with E-state index in [9.17, 15) is 0 Å². The minimum atomic E-state index is 0.528. The second-order valence-corrected chi connectivity index (χ2v) is 3.89. The molecule has 0 radical (unpaired) electrons. The van der Waals surface area contributed by atoms with Crippen molar-refractivity contribution in [2.45, 2.75) is 19.9 Å². The Morgan fingerprint density at radius 3 is 3.00 bits per heavy atom. The van der Waals surface area contributed by atoms with Gasteiger partial charge in [-0.2, -0.15) is 5.10 Å². The van der Waals surface area contributed by atoms with E-state index in [1.54, 1.807) is 17.2 Å². The van der Waals surface area contributed by atoms with Crippen molar-refractivity contribution in [1.29, 1.82) is 0 Å². The maximum atomic E-state index is 5.61. The van der Waals surface area contributed by atoms with Crippen molar-refractivity contribution < 1.29 is 4.74 Å². The third kappa shape index (κ3) is 3.19. The molecule has 0 saturated carbocycles. The van der Waals surface area contributed by atoms with Crippen LogP contribution in [0.5, 0.6) is 5.75 Å². The van der Waals surface area contributed by atoms with Crippen LogP contribution in [0.3, 0.4) is 0 Å². The first-order valence-corrected chi connectivity index (χ1v) is 5.95. The molecule has 18 heavy (non-hydrogen) atoms. The highest BCUT2D eigenvalue weighted by Crippen LogP contribution is 2.21. The quantitative estimate of drug-likeness (QED) is 0.840. The molecule has 0 aliphatic heterocycles. The highest BCUT2D eigenvalue weighted by atomic mass is 16.5. The minimum Gasteiger partial charge on any atom is -0.490 e. The van der Waals surface area contributed by atoms with E-state index < -0.39 is 0 Å². The molecule has 0 saturated heterocycles. The molecule has 2 aromatic rings. The van der Waals surface area contributed by atoms with Gasteiger partial charge in [0.1, 0.15) is 6.33 Å². The van der Waals surface area contributed by atoms with Gasteiger partial charge in [0, 0.05) is 13.2 Å². The summed E-state index contributed by atoms with van der Waals surface area (Å²) in [5.41, 5.74) is 0. The van der Waals surface area contributed by atoms with Crippen LogP contribution in [0.25, 0.3) is 0 Å². The highest BCUT2D eigenvalue weighted by Gasteiger charge is 2.05. The molecule has 0 atom stereocenters. The fourth-order valence-electron chi connectivity index (χ4n) is 1.48. The molecule has 0 unspecified atom stereocenters. The van der Waals surface area contributed by atoms with Crippen LogP contribution in [-0.4, -0.2) is 26.4 Å². The predicted molar refractivity (Wildman–Crippen MR) is 68.4 cm³/mol. The second kappa shape index (κ2) is 6.00. The van der Waals surface area contributed by atoms with E-state index in [4.69, 9.17) is 4.74 Å². The summed E-state index contributed by atoms with van der Waals surface area (Å²) in [4.78, 5) is 8.40. The monoisotopic (exact) mass is 247 g/mol. The van der Waals surface area contributed by atoms with Crippen LogP contribution in [0, 0.1) is 0 Å². The van der Waals surface area contributed by atoms with Crippen LogP contribution >= 0.6 is 0 Å². The van der Waals surface area contributed by atoms with E-state index in [1.807, 2.05) is 19.2 Å². The number of aromatic nitrogens is 4. The molecular weight excluding hydrogens is 230 g/mol. The first-order chi connectivity index (χ1) is 8.79. The lowest BCUT2D eigenvalue weighted by Gasteiger charge is -2.10. The van der Waals surface area contributed by atoms with Crippen LogP contribution in [0.1, 0.15) is 19.2 Å². The van der Waals surface area contributed by atoms with Gasteiger partial charge in [-0.05, 0) is 18.6 Å². The molecule has 6 nitrogen and oxygen atoms in total. The van der Waals surface area contributed by atoms with Gasteiger partial charge in [-0.25, -0.2) is 9.97 Å². The lowest BCUT2D eigenvalue weighted by molar-refractivity contribution is 0.317. The SMILES string of the molecule is CCCOc1cccnc1NCc1ncn(C)n1. The molecule has 96 valence electrons. The van der Waals surface area contributed by atoms with Gasteiger partial charge >= 0.3 is 0 Å². The van der Waals surface area contributed by atoms with Crippen molar-refractivity contribution in [3.8, 4) is 5.75 Å². The summed E-state index contributed by atoms with van der Waals surface area (Å²) in [5, 5.41) is 7.37. The first-order valence-electron chi connectivity index (χ1n) is 5.95. The number of rotatable bonds is 6. The number of nitrogens with one attached hydrogen (secondary N) is 1. The van der Waals surface area contributed by atoms with Gasteiger partial charge in [-0.15, -0.1) is 0 Å². The molecule has 0 bridgehead atoms. The summed E-state index contributed by atoms with van der Waals surface area (Å²) in [5.74, 6) is 2.21. The predicted octanol–water partition coefficient (Wildman–Crippen LogP) is 1.61. The van der Waals surface area contributed by atoms with E-state index in [0.717, 1.165) is 23.8 Å². The zero-order chi connectivity index (χ0) is 12.8. The van der Waals surface area contributed by atoms with Gasteiger partial charge in [0.15, 0.2) is 17.4 Å². The van der Waals surface area contributed by atoms with Crippen molar-refractivity contribution in [2.24, 2.45) is 7.05 Å². The van der Waals surface area contributed by atoms with E-state index in [-0.39, 0.29) is 0 Å². The minimum absolute atomic E-state index is 0.528. The molecule has 2 aromatic heterocycles. The molecule has 0 aromatic carbocycles. The molecule has 0 fully saturated rings. The average Bonchev–Trinajstić information content (AvgIpc) is 2.81. The second-order valence-electron chi connectivity index (χ2n) is 3.89. The van der Waals surface area contributed by atoms with Crippen LogP contribution in [-0.2, 0) is 13.6 Å². The standard InChI is InChI=1S/C12H17N5O/c1-3-7-18-10-5-4-6-13-12(10)14-8-11-15-9-17(2)16-11/h4-6,9H,3,7-8H2,1-2H3,(H,13,14). The molecule has 1 N–H and O–H groups in total. The van der Waals surface area contributed by atoms with Crippen LogP contribution in [0.4, 0.5) is 5.82 Å². The Kier molecular flexibility index (Phi) is 4.11. The number of ether oxygens (including phenoxy) is 1. The normalized spacial score (nSPS) is 10.3. The molecule has 0 spiro atoms. The number of hydrogen-bond acceptors (Lipinski definition) is 5. The average molecular weight is 247 g/mol. The number of pyridine rings is 1. The molecule has 0 amide bonds. The highest BCUT2D eigenvalue weighted by molar-refractivity contribution is 5.49. The summed E-state index contributed by atoms with van der Waals surface area (Å²) in [7, 11) is 1.84. The zero-order valence-electron chi connectivity index (χ0n) is 10.6. The summed E-state index contributed by atoms with van der Waals surface area (Å²) in [6, 6.07) is 3.76. The fraction of sp³-hybridized carbons (Fsp3) is 0.417. The number of hydrogen-bond donors (Lipinski definition) is 1. The van der Waals surface area contributed by atoms with Crippen molar-refractivity contribution >= 4 is 5.82 Å². The Balaban J connectivity index is 1.99. The van der Waals surface area contributed by atoms with E-state index in [1.165, 1.54) is 0 Å². The summed E-state index contributed by atoms with van der Waals surface area (Å²) in [6.07, 6.45) is 4.37. The molecule has 0 aliphatic rings. The fourth-order valence-corrected chi connectivity index (χ4v) is 1.48. The molecule has 6 heteroatoms. The van der Waals surface area contributed by atoms with E-state index in [2.05, 4.69) is 27.3 Å². The van der Waals surface area contributed by atoms with E-state index >= 15 is 0 Å². The lowest BCUT2D eigenvalue weighted by atomic mass is 10.4. The van der Waals surface area contributed by atoms with Gasteiger partial charge in [0.05, 0.1) is 13.2 Å². The number of nitrogens with zero attached hydrogens (tertiary/aromatic N) is 4. The Bertz CT molecular complexity index is 497. The van der Waals surface area contributed by atoms with Crippen molar-refractivity contribution in [1.82, 2.24) is 19.7 Å². The molecular formula is C12H17N5O. The molecule has 2 heterocycles. The third-order valence-corrected chi connectivity index (χ3v) is 2.29. The van der Waals surface area contributed by atoms with Crippen molar-refractivity contribution in [3.05, 3.63) is 30.5 Å².